The molecule has 0 aliphatic rings. The number of rotatable bonds is 45. The van der Waals surface area contributed by atoms with Crippen LogP contribution in [0.2, 0.25) is 0 Å². The molecule has 0 fully saturated rings. The maximum atomic E-state index is 12.8. The number of hydrogen-bond donors (Lipinski definition) is 0. The van der Waals surface area contributed by atoms with Gasteiger partial charge in [0.2, 0.25) is 0 Å². The third-order valence-electron chi connectivity index (χ3n) is 10.2. The molecule has 0 saturated heterocycles. The molecule has 0 aromatic heterocycles. The molecule has 64 heavy (non-hydrogen) atoms. The predicted octanol–water partition coefficient (Wildman–Crippen LogP) is 17.6. The molecule has 0 radical (unpaired) electrons. The SMILES string of the molecule is CC/C=C\C/C=C\C/C=C\C/C=C\CCCCCCCCC(=O)OCC(COCCCCCCCC/C=C\C/C=C\C/C=C\CC)OC(=O)CC/C=C\C/C=C\C/C=C\C/C=C\CC. The molecule has 0 aliphatic carbocycles. The van der Waals surface area contributed by atoms with Crippen molar-refractivity contribution in [1.29, 1.82) is 0 Å². The molecule has 5 nitrogen and oxygen atoms in total. The maximum absolute atomic E-state index is 12.8. The quantitative estimate of drug-likeness (QED) is 0.0346. The fourth-order valence-corrected chi connectivity index (χ4v) is 6.47. The highest BCUT2D eigenvalue weighted by atomic mass is 16.6. The van der Waals surface area contributed by atoms with Gasteiger partial charge in [-0.05, 0) is 116 Å². The summed E-state index contributed by atoms with van der Waals surface area (Å²) in [7, 11) is 0. The number of carbonyl (C=O) groups is 2. The molecule has 0 saturated carbocycles. The molecule has 0 aromatic carbocycles. The maximum Gasteiger partial charge on any atom is 0.306 e. The Labute approximate surface area is 394 Å². The van der Waals surface area contributed by atoms with Gasteiger partial charge in [0, 0.05) is 19.4 Å². The Morgan fingerprint density at radius 2 is 0.688 bits per heavy atom. The van der Waals surface area contributed by atoms with Crippen molar-refractivity contribution in [2.24, 2.45) is 0 Å². The third-order valence-corrected chi connectivity index (χ3v) is 10.2. The van der Waals surface area contributed by atoms with E-state index in [1.54, 1.807) is 0 Å². The average molecular weight is 883 g/mol. The first-order valence-corrected chi connectivity index (χ1v) is 25.7. The zero-order valence-electron chi connectivity index (χ0n) is 41.2. The number of allylic oxidation sites excluding steroid dienone is 22. The summed E-state index contributed by atoms with van der Waals surface area (Å²) < 4.78 is 17.3. The largest absolute Gasteiger partial charge is 0.462 e. The van der Waals surface area contributed by atoms with Gasteiger partial charge in [-0.15, -0.1) is 0 Å². The molecule has 0 rings (SSSR count). The van der Waals surface area contributed by atoms with Crippen LogP contribution in [0.4, 0.5) is 0 Å². The third kappa shape index (κ3) is 50.7. The van der Waals surface area contributed by atoms with Crippen molar-refractivity contribution in [2.75, 3.05) is 19.8 Å². The second-order valence-electron chi connectivity index (χ2n) is 16.3. The molecular weight excluding hydrogens is 789 g/mol. The van der Waals surface area contributed by atoms with Gasteiger partial charge in [-0.3, -0.25) is 9.59 Å². The van der Waals surface area contributed by atoms with E-state index in [0.29, 0.717) is 19.4 Å². The molecule has 0 N–H and O–H groups in total. The summed E-state index contributed by atoms with van der Waals surface area (Å²) in [6.45, 7) is 7.35. The lowest BCUT2D eigenvalue weighted by atomic mass is 10.1. The van der Waals surface area contributed by atoms with Gasteiger partial charge in [-0.25, -0.2) is 0 Å². The Kier molecular flexibility index (Phi) is 50.1. The van der Waals surface area contributed by atoms with Crippen LogP contribution in [0.3, 0.4) is 0 Å². The average Bonchev–Trinajstić information content (AvgIpc) is 3.30. The fraction of sp³-hybridized carbons (Fsp3) is 0.593. The van der Waals surface area contributed by atoms with Crippen molar-refractivity contribution >= 4 is 11.9 Å². The van der Waals surface area contributed by atoms with Crippen LogP contribution in [0.15, 0.2) is 134 Å². The molecule has 0 aromatic rings. The minimum Gasteiger partial charge on any atom is -0.462 e. The summed E-state index contributed by atoms with van der Waals surface area (Å²) in [5.74, 6) is -0.525. The standard InChI is InChI=1S/C59H94O5/c1-4-7-10-13-16-19-22-25-27-29-30-31-32-35-37-40-43-46-49-52-58(60)63-56-57(64-59(61)53-50-47-44-41-38-34-24-21-18-15-12-9-6-3)55-62-54-51-48-45-42-39-36-33-28-26-23-20-17-14-11-8-5-2/h7-12,16-21,25-28,30-31,34,38,44,47,57H,4-6,13-15,22-24,29,32-33,35-37,39-43,45-46,48-56H2,1-3H3/b10-7-,11-8-,12-9-,19-16-,20-17-,21-18-,27-25-,28-26-,31-30-,38-34-,47-44-. The Morgan fingerprint density at radius 1 is 0.344 bits per heavy atom. The van der Waals surface area contributed by atoms with Gasteiger partial charge in [-0.2, -0.15) is 0 Å². The monoisotopic (exact) mass is 883 g/mol. The van der Waals surface area contributed by atoms with E-state index >= 15 is 0 Å². The van der Waals surface area contributed by atoms with Gasteiger partial charge in [0.15, 0.2) is 6.10 Å². The molecule has 1 unspecified atom stereocenters. The highest BCUT2D eigenvalue weighted by molar-refractivity contribution is 5.70. The van der Waals surface area contributed by atoms with Crippen molar-refractivity contribution in [3.63, 3.8) is 0 Å². The Bertz CT molecular complexity index is 1370. The van der Waals surface area contributed by atoms with Gasteiger partial charge in [0.05, 0.1) is 6.61 Å². The summed E-state index contributed by atoms with van der Waals surface area (Å²) in [5.41, 5.74) is 0. The summed E-state index contributed by atoms with van der Waals surface area (Å²) in [4.78, 5) is 25.4. The van der Waals surface area contributed by atoms with E-state index in [1.807, 2.05) is 6.08 Å². The molecule has 0 bridgehead atoms. The van der Waals surface area contributed by atoms with Crippen molar-refractivity contribution < 1.29 is 23.8 Å². The second kappa shape index (κ2) is 53.4. The lowest BCUT2D eigenvalue weighted by Gasteiger charge is -2.18. The Hall–Kier alpha value is -3.96. The van der Waals surface area contributed by atoms with Gasteiger partial charge in [-0.1, -0.05) is 206 Å². The normalized spacial score (nSPS) is 13.4. The van der Waals surface area contributed by atoms with E-state index in [1.165, 1.54) is 44.9 Å². The van der Waals surface area contributed by atoms with Crippen molar-refractivity contribution in [3.05, 3.63) is 134 Å². The molecule has 0 spiro atoms. The van der Waals surface area contributed by atoms with E-state index in [0.717, 1.165) is 116 Å². The van der Waals surface area contributed by atoms with E-state index in [2.05, 4.69) is 148 Å². The smallest absolute Gasteiger partial charge is 0.306 e. The Balaban J connectivity index is 4.41. The van der Waals surface area contributed by atoms with Crippen LogP contribution < -0.4 is 0 Å². The lowest BCUT2D eigenvalue weighted by Crippen LogP contribution is -2.30. The van der Waals surface area contributed by atoms with Crippen LogP contribution in [-0.4, -0.2) is 37.9 Å². The number of esters is 2. The van der Waals surface area contributed by atoms with Crippen LogP contribution in [-0.2, 0) is 23.8 Å². The predicted molar refractivity (Wildman–Crippen MR) is 278 cm³/mol. The first kappa shape index (κ1) is 60.0. The molecule has 0 amide bonds. The summed E-state index contributed by atoms with van der Waals surface area (Å²) >= 11 is 0. The second-order valence-corrected chi connectivity index (χ2v) is 16.3. The van der Waals surface area contributed by atoms with Crippen LogP contribution >= 0.6 is 0 Å². The van der Waals surface area contributed by atoms with Crippen LogP contribution in [0, 0.1) is 0 Å². The summed E-state index contributed by atoms with van der Waals surface area (Å²) in [6, 6.07) is 0. The highest BCUT2D eigenvalue weighted by Gasteiger charge is 2.17. The topological polar surface area (TPSA) is 61.8 Å². The van der Waals surface area contributed by atoms with Crippen molar-refractivity contribution in [3.8, 4) is 0 Å². The highest BCUT2D eigenvalue weighted by Crippen LogP contribution is 2.12. The zero-order chi connectivity index (χ0) is 46.3. The molecule has 1 atom stereocenters. The molecule has 5 heteroatoms. The number of hydrogen-bond acceptors (Lipinski definition) is 5. The van der Waals surface area contributed by atoms with E-state index < -0.39 is 6.10 Å². The first-order valence-electron chi connectivity index (χ1n) is 25.7. The van der Waals surface area contributed by atoms with Gasteiger partial charge < -0.3 is 14.2 Å². The van der Waals surface area contributed by atoms with Gasteiger partial charge in [0.25, 0.3) is 0 Å². The molecular formula is C59H94O5. The van der Waals surface area contributed by atoms with E-state index in [9.17, 15) is 9.59 Å². The van der Waals surface area contributed by atoms with Crippen molar-refractivity contribution in [2.45, 2.75) is 207 Å². The molecule has 0 heterocycles. The first-order chi connectivity index (χ1) is 31.6. The molecule has 0 aliphatic heterocycles. The zero-order valence-corrected chi connectivity index (χ0v) is 41.2. The van der Waals surface area contributed by atoms with E-state index in [-0.39, 0.29) is 31.6 Å². The minimum absolute atomic E-state index is 0.0346. The van der Waals surface area contributed by atoms with Crippen LogP contribution in [0.1, 0.15) is 201 Å². The van der Waals surface area contributed by atoms with Crippen molar-refractivity contribution in [1.82, 2.24) is 0 Å². The van der Waals surface area contributed by atoms with Gasteiger partial charge in [0.1, 0.15) is 6.61 Å². The number of ether oxygens (including phenoxy) is 3. The van der Waals surface area contributed by atoms with Gasteiger partial charge >= 0.3 is 11.9 Å². The fourth-order valence-electron chi connectivity index (χ4n) is 6.47. The lowest BCUT2D eigenvalue weighted by molar-refractivity contribution is -0.162. The van der Waals surface area contributed by atoms with Crippen LogP contribution in [0.25, 0.3) is 0 Å². The number of unbranched alkanes of at least 4 members (excludes halogenated alkanes) is 12. The van der Waals surface area contributed by atoms with Crippen LogP contribution in [0.5, 0.6) is 0 Å². The summed E-state index contributed by atoms with van der Waals surface area (Å²) in [5, 5.41) is 0. The van der Waals surface area contributed by atoms with E-state index in [4.69, 9.17) is 14.2 Å². The summed E-state index contributed by atoms with van der Waals surface area (Å²) in [6.07, 6.45) is 76.2. The molecule has 360 valence electrons. The number of carbonyl (C=O) groups excluding carboxylic acids is 2. The minimum atomic E-state index is -0.597. The Morgan fingerprint density at radius 3 is 1.11 bits per heavy atom.